The lowest BCUT2D eigenvalue weighted by Crippen LogP contribution is -2.41. The third kappa shape index (κ3) is 5.54. The Morgan fingerprint density at radius 2 is 1.69 bits per heavy atom. The topological polar surface area (TPSA) is 104 Å². The van der Waals surface area contributed by atoms with E-state index in [4.69, 9.17) is 0 Å². The van der Waals surface area contributed by atoms with E-state index in [-0.39, 0.29) is 23.5 Å². The van der Waals surface area contributed by atoms with E-state index in [0.29, 0.717) is 11.3 Å². The monoisotopic (exact) mass is 492 g/mol. The Morgan fingerprint density at radius 1 is 0.971 bits per heavy atom. The second-order valence-electron chi connectivity index (χ2n) is 8.73. The zero-order valence-electron chi connectivity index (χ0n) is 19.5. The molecule has 0 spiro atoms. The van der Waals surface area contributed by atoms with Crippen molar-refractivity contribution in [3.8, 4) is 0 Å². The maximum Gasteiger partial charge on any atom is 0.335 e. The maximum absolute atomic E-state index is 13.7. The standard InChI is InChI=1S/C27H28N2O5S/c1-19-12-14-23(15-13-19)35(33,34)29(25-11-5-8-21-7-2-3-10-24(21)25)18-26(30)28-17-20-6-4-9-22(16-20)27(31)32/h4-6,8-9,11-16H,2-3,7,10,17-18H2,1H3,(H,28,30)(H,31,32). The van der Waals surface area contributed by atoms with Gasteiger partial charge in [-0.05, 0) is 79.6 Å². The van der Waals surface area contributed by atoms with Gasteiger partial charge in [-0.25, -0.2) is 13.2 Å². The van der Waals surface area contributed by atoms with Crippen molar-refractivity contribution >= 4 is 27.6 Å². The Hall–Kier alpha value is -3.65. The summed E-state index contributed by atoms with van der Waals surface area (Å²) in [5.74, 6) is -1.53. The second kappa shape index (κ2) is 10.3. The number of benzene rings is 3. The average molecular weight is 493 g/mol. The molecule has 0 heterocycles. The predicted octanol–water partition coefficient (Wildman–Crippen LogP) is 4.08. The molecular formula is C27H28N2O5S. The van der Waals surface area contributed by atoms with Gasteiger partial charge >= 0.3 is 5.97 Å². The summed E-state index contributed by atoms with van der Waals surface area (Å²) < 4.78 is 28.7. The van der Waals surface area contributed by atoms with Crippen LogP contribution in [0.1, 0.15) is 45.5 Å². The number of sulfonamides is 1. The van der Waals surface area contributed by atoms with Gasteiger partial charge in [0.2, 0.25) is 5.91 Å². The van der Waals surface area contributed by atoms with E-state index in [1.165, 1.54) is 16.4 Å². The van der Waals surface area contributed by atoms with Crippen LogP contribution >= 0.6 is 0 Å². The Bertz CT molecular complexity index is 1350. The van der Waals surface area contributed by atoms with Crippen LogP contribution in [0.25, 0.3) is 0 Å². The fraction of sp³-hybridized carbons (Fsp3) is 0.259. The number of hydrogen-bond donors (Lipinski definition) is 2. The van der Waals surface area contributed by atoms with Gasteiger partial charge in [-0.2, -0.15) is 0 Å². The lowest BCUT2D eigenvalue weighted by Gasteiger charge is -2.29. The van der Waals surface area contributed by atoms with Gasteiger partial charge < -0.3 is 10.4 Å². The number of aryl methyl sites for hydroxylation is 2. The summed E-state index contributed by atoms with van der Waals surface area (Å²) in [7, 11) is -4.01. The molecule has 0 saturated carbocycles. The van der Waals surface area contributed by atoms with E-state index in [0.717, 1.165) is 42.4 Å². The summed E-state index contributed by atoms with van der Waals surface area (Å²) in [6, 6.07) is 18.5. The van der Waals surface area contributed by atoms with Crippen LogP contribution in [0.5, 0.6) is 0 Å². The first-order valence-corrected chi connectivity index (χ1v) is 13.0. The molecule has 1 amide bonds. The molecule has 2 N–H and O–H groups in total. The van der Waals surface area contributed by atoms with E-state index < -0.39 is 21.9 Å². The zero-order valence-corrected chi connectivity index (χ0v) is 20.3. The Balaban J connectivity index is 1.64. The number of carbonyl (C=O) groups excluding carboxylic acids is 1. The molecule has 0 radical (unpaired) electrons. The molecular weight excluding hydrogens is 464 g/mol. The van der Waals surface area contributed by atoms with Crippen LogP contribution in [0.15, 0.2) is 71.6 Å². The van der Waals surface area contributed by atoms with E-state index in [1.54, 1.807) is 42.5 Å². The van der Waals surface area contributed by atoms with Crippen molar-refractivity contribution in [3.05, 3.63) is 94.5 Å². The molecule has 0 aliphatic heterocycles. The van der Waals surface area contributed by atoms with Gasteiger partial charge in [0, 0.05) is 6.54 Å². The number of nitrogens with zero attached hydrogens (tertiary/aromatic N) is 1. The van der Waals surface area contributed by atoms with Gasteiger partial charge in [0.25, 0.3) is 10.0 Å². The average Bonchev–Trinajstić information content (AvgIpc) is 2.86. The molecule has 7 nitrogen and oxygen atoms in total. The minimum atomic E-state index is -4.01. The van der Waals surface area contributed by atoms with Gasteiger partial charge in [-0.3, -0.25) is 9.10 Å². The molecule has 8 heteroatoms. The highest BCUT2D eigenvalue weighted by Crippen LogP contribution is 2.33. The van der Waals surface area contributed by atoms with Crippen LogP contribution in [0, 0.1) is 6.92 Å². The lowest BCUT2D eigenvalue weighted by atomic mass is 9.90. The van der Waals surface area contributed by atoms with Crippen LogP contribution in [0.4, 0.5) is 5.69 Å². The summed E-state index contributed by atoms with van der Waals surface area (Å²) >= 11 is 0. The molecule has 0 aromatic heterocycles. The van der Waals surface area contributed by atoms with E-state index in [1.807, 2.05) is 19.1 Å². The van der Waals surface area contributed by atoms with Crippen LogP contribution in [-0.2, 0) is 34.2 Å². The molecule has 1 aliphatic carbocycles. The summed E-state index contributed by atoms with van der Waals surface area (Å²) in [4.78, 5) is 24.3. The highest BCUT2D eigenvalue weighted by Gasteiger charge is 2.30. The minimum absolute atomic E-state index is 0.0886. The first-order valence-electron chi connectivity index (χ1n) is 11.5. The molecule has 0 atom stereocenters. The molecule has 1 aliphatic rings. The van der Waals surface area contributed by atoms with E-state index in [2.05, 4.69) is 5.32 Å². The third-order valence-electron chi connectivity index (χ3n) is 6.20. The molecule has 3 aromatic carbocycles. The van der Waals surface area contributed by atoms with Crippen LogP contribution < -0.4 is 9.62 Å². The number of anilines is 1. The molecule has 0 saturated heterocycles. The van der Waals surface area contributed by atoms with Crippen LogP contribution in [-0.4, -0.2) is 31.9 Å². The summed E-state index contributed by atoms with van der Waals surface area (Å²) in [6.45, 7) is 1.59. The lowest BCUT2D eigenvalue weighted by molar-refractivity contribution is -0.119. The third-order valence-corrected chi connectivity index (χ3v) is 7.97. The van der Waals surface area contributed by atoms with Crippen molar-refractivity contribution < 1.29 is 23.1 Å². The van der Waals surface area contributed by atoms with Crippen molar-refractivity contribution in [2.24, 2.45) is 0 Å². The molecule has 182 valence electrons. The largest absolute Gasteiger partial charge is 0.478 e. The Kier molecular flexibility index (Phi) is 7.21. The molecule has 4 rings (SSSR count). The van der Waals surface area contributed by atoms with Gasteiger partial charge in [0.1, 0.15) is 6.54 Å². The number of amides is 1. The second-order valence-corrected chi connectivity index (χ2v) is 10.6. The maximum atomic E-state index is 13.7. The zero-order chi connectivity index (χ0) is 25.0. The van der Waals surface area contributed by atoms with Crippen LogP contribution in [0.2, 0.25) is 0 Å². The Labute approximate surface area is 205 Å². The summed E-state index contributed by atoms with van der Waals surface area (Å²) in [5, 5.41) is 11.9. The highest BCUT2D eigenvalue weighted by molar-refractivity contribution is 7.92. The van der Waals surface area contributed by atoms with Gasteiger partial charge in [0.15, 0.2) is 0 Å². The molecule has 3 aromatic rings. The highest BCUT2D eigenvalue weighted by atomic mass is 32.2. The van der Waals surface area contributed by atoms with E-state index in [9.17, 15) is 23.1 Å². The minimum Gasteiger partial charge on any atom is -0.478 e. The fourth-order valence-electron chi connectivity index (χ4n) is 4.33. The molecule has 35 heavy (non-hydrogen) atoms. The van der Waals surface area contributed by atoms with Crippen molar-refractivity contribution in [3.63, 3.8) is 0 Å². The van der Waals surface area contributed by atoms with Crippen molar-refractivity contribution in [1.29, 1.82) is 0 Å². The van der Waals surface area contributed by atoms with Gasteiger partial charge in [0.05, 0.1) is 16.1 Å². The number of rotatable bonds is 8. The smallest absolute Gasteiger partial charge is 0.335 e. The summed E-state index contributed by atoms with van der Waals surface area (Å²) in [6.07, 6.45) is 3.66. The fourth-order valence-corrected chi connectivity index (χ4v) is 5.78. The Morgan fingerprint density at radius 3 is 2.43 bits per heavy atom. The molecule has 0 bridgehead atoms. The summed E-state index contributed by atoms with van der Waals surface area (Å²) in [5.41, 5.74) is 4.29. The number of aromatic carboxylic acids is 1. The quantitative estimate of drug-likeness (QED) is 0.493. The number of carboxylic acids is 1. The van der Waals surface area contributed by atoms with E-state index >= 15 is 0 Å². The normalized spacial score (nSPS) is 13.1. The van der Waals surface area contributed by atoms with Crippen LogP contribution in [0.3, 0.4) is 0 Å². The number of fused-ring (bicyclic) bond motifs is 1. The first kappa shape index (κ1) is 24.5. The number of nitrogens with one attached hydrogen (secondary N) is 1. The number of carbonyl (C=O) groups is 2. The molecule has 0 unspecified atom stereocenters. The predicted molar refractivity (Wildman–Crippen MR) is 134 cm³/mol. The van der Waals surface area contributed by atoms with Crippen molar-refractivity contribution in [2.75, 3.05) is 10.8 Å². The van der Waals surface area contributed by atoms with Crippen molar-refractivity contribution in [1.82, 2.24) is 5.32 Å². The first-order chi connectivity index (χ1) is 16.8. The number of carboxylic acid groups (broad SMARTS) is 1. The number of hydrogen-bond acceptors (Lipinski definition) is 4. The van der Waals surface area contributed by atoms with Gasteiger partial charge in [-0.1, -0.05) is 42.0 Å². The van der Waals surface area contributed by atoms with Crippen molar-refractivity contribution in [2.45, 2.75) is 44.0 Å². The van der Waals surface area contributed by atoms with Gasteiger partial charge in [-0.15, -0.1) is 0 Å². The molecule has 0 fully saturated rings. The SMILES string of the molecule is Cc1ccc(S(=O)(=O)N(CC(=O)NCc2cccc(C(=O)O)c2)c2cccc3c2CCCC3)cc1.